The Kier molecular flexibility index (Phi) is 3.59. The number of nitro groups is 1. The van der Waals surface area contributed by atoms with Crippen LogP contribution in [0.5, 0.6) is 0 Å². The van der Waals surface area contributed by atoms with E-state index in [-0.39, 0.29) is 23.2 Å². The molecule has 0 spiro atoms. The maximum Gasteiger partial charge on any atom is 0.287 e. The molecule has 0 aliphatic rings. The van der Waals surface area contributed by atoms with Gasteiger partial charge < -0.3 is 5.73 Å². The van der Waals surface area contributed by atoms with Crippen LogP contribution in [0.25, 0.3) is 0 Å². The molecule has 0 amide bonds. The molecule has 0 saturated heterocycles. The quantitative estimate of drug-likeness (QED) is 0.620. The predicted molar refractivity (Wildman–Crippen MR) is 59.9 cm³/mol. The van der Waals surface area contributed by atoms with Gasteiger partial charge in [0, 0.05) is 12.1 Å². The summed E-state index contributed by atoms with van der Waals surface area (Å²) in [5.41, 5.74) is 6.50. The first-order valence-electron chi connectivity index (χ1n) is 4.91. The van der Waals surface area contributed by atoms with Crippen molar-refractivity contribution in [2.24, 2.45) is 5.73 Å². The second-order valence-electron chi connectivity index (χ2n) is 3.79. The Morgan fingerprint density at radius 3 is 2.56 bits per heavy atom. The van der Waals surface area contributed by atoms with E-state index in [2.05, 4.69) is 0 Å². The second-order valence-corrected chi connectivity index (χ2v) is 3.79. The minimum Gasteiger partial charge on any atom is -0.327 e. The molecule has 2 N–H and O–H groups in total. The van der Waals surface area contributed by atoms with Gasteiger partial charge in [0.25, 0.3) is 5.69 Å². The Bertz CT molecular complexity index is 449. The smallest absolute Gasteiger partial charge is 0.287 e. The largest absolute Gasteiger partial charge is 0.327 e. The highest BCUT2D eigenvalue weighted by Crippen LogP contribution is 2.24. The Hall–Kier alpha value is -1.93. The average Bonchev–Trinajstić information content (AvgIpc) is 2.26. The van der Waals surface area contributed by atoms with Gasteiger partial charge in [0.15, 0.2) is 0 Å². The monoisotopic (exact) mass is 219 g/mol. The topological polar surface area (TPSA) is 92.9 Å². The van der Waals surface area contributed by atoms with E-state index in [1.807, 2.05) is 19.9 Å². The molecular formula is C11H13N3O2. The summed E-state index contributed by atoms with van der Waals surface area (Å²) >= 11 is 0. The highest BCUT2D eigenvalue weighted by atomic mass is 16.6. The number of rotatable bonds is 3. The SMILES string of the molecule is CC(N)C(C)c1ccc([N+](=O)[O-])c(C#N)c1. The average molecular weight is 219 g/mol. The van der Waals surface area contributed by atoms with Gasteiger partial charge in [-0.15, -0.1) is 0 Å². The molecule has 5 nitrogen and oxygen atoms in total. The molecule has 0 aliphatic carbocycles. The van der Waals surface area contributed by atoms with Crippen LogP contribution in [0.3, 0.4) is 0 Å². The number of nitrogens with zero attached hydrogens (tertiary/aromatic N) is 2. The fraction of sp³-hybridized carbons (Fsp3) is 0.364. The van der Waals surface area contributed by atoms with Crippen molar-refractivity contribution in [3.63, 3.8) is 0 Å². The highest BCUT2D eigenvalue weighted by molar-refractivity contribution is 5.51. The van der Waals surface area contributed by atoms with E-state index in [1.165, 1.54) is 12.1 Å². The molecule has 0 fully saturated rings. The van der Waals surface area contributed by atoms with E-state index in [4.69, 9.17) is 11.0 Å². The predicted octanol–water partition coefficient (Wildman–Crippen LogP) is 1.92. The summed E-state index contributed by atoms with van der Waals surface area (Å²) in [5.74, 6) is 0.0629. The third-order valence-corrected chi connectivity index (χ3v) is 2.65. The van der Waals surface area contributed by atoms with Gasteiger partial charge >= 0.3 is 0 Å². The second kappa shape index (κ2) is 4.73. The molecule has 1 rings (SSSR count). The molecule has 84 valence electrons. The lowest BCUT2D eigenvalue weighted by Gasteiger charge is -2.15. The highest BCUT2D eigenvalue weighted by Gasteiger charge is 2.17. The molecule has 0 bridgehead atoms. The van der Waals surface area contributed by atoms with Gasteiger partial charge in [0.1, 0.15) is 11.6 Å². The fourth-order valence-corrected chi connectivity index (χ4v) is 1.39. The summed E-state index contributed by atoms with van der Waals surface area (Å²) in [6.07, 6.45) is 0. The third kappa shape index (κ3) is 2.35. The molecule has 0 heterocycles. The summed E-state index contributed by atoms with van der Waals surface area (Å²) in [4.78, 5) is 10.1. The van der Waals surface area contributed by atoms with E-state index in [0.717, 1.165) is 5.56 Å². The molecule has 0 saturated carbocycles. The van der Waals surface area contributed by atoms with Crippen LogP contribution in [-0.2, 0) is 0 Å². The van der Waals surface area contributed by atoms with Crippen molar-refractivity contribution in [1.29, 1.82) is 5.26 Å². The molecule has 16 heavy (non-hydrogen) atoms. The maximum absolute atomic E-state index is 10.6. The first kappa shape index (κ1) is 12.1. The number of hydrogen-bond acceptors (Lipinski definition) is 4. The zero-order chi connectivity index (χ0) is 12.3. The molecule has 2 atom stereocenters. The lowest BCUT2D eigenvalue weighted by molar-refractivity contribution is -0.385. The van der Waals surface area contributed by atoms with Gasteiger partial charge in [-0.1, -0.05) is 13.0 Å². The van der Waals surface area contributed by atoms with Gasteiger partial charge in [0.05, 0.1) is 4.92 Å². The van der Waals surface area contributed by atoms with Gasteiger partial charge in [-0.3, -0.25) is 10.1 Å². The molecule has 1 aromatic rings. The van der Waals surface area contributed by atoms with E-state index < -0.39 is 4.92 Å². The normalized spacial score (nSPS) is 13.9. The van der Waals surface area contributed by atoms with Crippen LogP contribution < -0.4 is 5.73 Å². The Morgan fingerprint density at radius 1 is 1.50 bits per heavy atom. The Labute approximate surface area is 93.6 Å². The first-order chi connectivity index (χ1) is 7.47. The van der Waals surface area contributed by atoms with Crippen molar-refractivity contribution < 1.29 is 4.92 Å². The molecule has 2 unspecified atom stereocenters. The van der Waals surface area contributed by atoms with Crippen LogP contribution in [0.4, 0.5) is 5.69 Å². The minimum atomic E-state index is -0.557. The van der Waals surface area contributed by atoms with Crippen LogP contribution in [0.2, 0.25) is 0 Å². The van der Waals surface area contributed by atoms with E-state index in [0.29, 0.717) is 0 Å². The summed E-state index contributed by atoms with van der Waals surface area (Å²) in [5, 5.41) is 19.5. The first-order valence-corrected chi connectivity index (χ1v) is 4.91. The summed E-state index contributed by atoms with van der Waals surface area (Å²) in [6, 6.07) is 6.30. The number of nitriles is 1. The van der Waals surface area contributed by atoms with Crippen molar-refractivity contribution in [3.8, 4) is 6.07 Å². The van der Waals surface area contributed by atoms with Gasteiger partial charge in [0.2, 0.25) is 0 Å². The summed E-state index contributed by atoms with van der Waals surface area (Å²) in [6.45, 7) is 3.78. The van der Waals surface area contributed by atoms with Crippen molar-refractivity contribution in [1.82, 2.24) is 0 Å². The molecule has 0 aromatic heterocycles. The van der Waals surface area contributed by atoms with E-state index >= 15 is 0 Å². The zero-order valence-electron chi connectivity index (χ0n) is 9.18. The number of benzene rings is 1. The molecule has 0 aliphatic heterocycles. The van der Waals surface area contributed by atoms with E-state index in [1.54, 1.807) is 6.07 Å². The van der Waals surface area contributed by atoms with Crippen molar-refractivity contribution >= 4 is 5.69 Å². The van der Waals surface area contributed by atoms with Gasteiger partial charge in [-0.25, -0.2) is 0 Å². The lowest BCUT2D eigenvalue weighted by Crippen LogP contribution is -2.22. The summed E-state index contributed by atoms with van der Waals surface area (Å²) < 4.78 is 0. The van der Waals surface area contributed by atoms with E-state index in [9.17, 15) is 10.1 Å². The number of nitro benzene ring substituents is 1. The van der Waals surface area contributed by atoms with Crippen molar-refractivity contribution in [2.45, 2.75) is 25.8 Å². The third-order valence-electron chi connectivity index (χ3n) is 2.65. The Balaban J connectivity index is 3.20. The van der Waals surface area contributed by atoms with Crippen molar-refractivity contribution in [3.05, 3.63) is 39.4 Å². The number of hydrogen-bond donors (Lipinski definition) is 1. The van der Waals surface area contributed by atoms with Crippen LogP contribution in [0.15, 0.2) is 18.2 Å². The van der Waals surface area contributed by atoms with Crippen molar-refractivity contribution in [2.75, 3.05) is 0 Å². The maximum atomic E-state index is 10.6. The standard InChI is InChI=1S/C11H13N3O2/c1-7(8(2)13)9-3-4-11(14(15)16)10(5-9)6-12/h3-5,7-8H,13H2,1-2H3. The Morgan fingerprint density at radius 2 is 2.12 bits per heavy atom. The van der Waals surface area contributed by atoms with Crippen LogP contribution >= 0.6 is 0 Å². The minimum absolute atomic E-state index is 0.0620. The fourth-order valence-electron chi connectivity index (χ4n) is 1.39. The molecule has 1 aromatic carbocycles. The zero-order valence-corrected chi connectivity index (χ0v) is 9.18. The molecule has 5 heteroatoms. The van der Waals surface area contributed by atoms with Gasteiger partial charge in [-0.2, -0.15) is 5.26 Å². The van der Waals surface area contributed by atoms with Gasteiger partial charge in [-0.05, 0) is 24.5 Å². The van der Waals surface area contributed by atoms with Crippen LogP contribution in [0.1, 0.15) is 30.9 Å². The van der Waals surface area contributed by atoms with Crippen LogP contribution in [-0.4, -0.2) is 11.0 Å². The number of nitrogens with two attached hydrogens (primary N) is 1. The lowest BCUT2D eigenvalue weighted by atomic mass is 9.93. The van der Waals surface area contributed by atoms with Crippen LogP contribution in [0, 0.1) is 21.4 Å². The summed E-state index contributed by atoms with van der Waals surface area (Å²) in [7, 11) is 0. The molecular weight excluding hydrogens is 206 g/mol. The molecule has 0 radical (unpaired) electrons.